The van der Waals surface area contributed by atoms with Crippen LogP contribution in [0.15, 0.2) is 84.4 Å². The quantitative estimate of drug-likeness (QED) is 0.307. The van der Waals surface area contributed by atoms with Gasteiger partial charge in [-0.25, -0.2) is 4.98 Å². The number of nitrogens with two attached hydrogens (primary N) is 1. The minimum Gasteiger partial charge on any atom is -0.497 e. The molecule has 0 bridgehead atoms. The van der Waals surface area contributed by atoms with Gasteiger partial charge in [0.25, 0.3) is 0 Å². The molecule has 1 aliphatic rings. The first-order chi connectivity index (χ1) is 17.8. The van der Waals surface area contributed by atoms with Gasteiger partial charge >= 0.3 is 0 Å². The van der Waals surface area contributed by atoms with E-state index in [9.17, 15) is 5.11 Å². The number of aryl methyl sites for hydroxylation is 1. The summed E-state index contributed by atoms with van der Waals surface area (Å²) in [4.78, 5) is 8.24. The number of hydrogen-bond donors (Lipinski definition) is 2. The number of fused-ring (bicyclic) bond motifs is 1. The Morgan fingerprint density at radius 2 is 1.76 bits per heavy atom. The van der Waals surface area contributed by atoms with Crippen LogP contribution in [0.5, 0.6) is 5.75 Å². The Morgan fingerprint density at radius 1 is 1.03 bits per heavy atom. The molecule has 37 heavy (non-hydrogen) atoms. The van der Waals surface area contributed by atoms with Gasteiger partial charge in [0.15, 0.2) is 5.60 Å². The van der Waals surface area contributed by atoms with Crippen molar-refractivity contribution in [3.05, 3.63) is 112 Å². The number of aliphatic hydroxyl groups is 1. The summed E-state index contributed by atoms with van der Waals surface area (Å²) in [6, 6.07) is 20.9. The van der Waals surface area contributed by atoms with Gasteiger partial charge in [-0.2, -0.15) is 0 Å². The number of ether oxygens (including phenoxy) is 1. The van der Waals surface area contributed by atoms with Crippen LogP contribution in [0.2, 0.25) is 5.02 Å². The standard InChI is InChI=1S/C28H29ClN6O2/c1-33-17-31-16-25(33)28(36,19-8-11-22(37-4)12-9-19)20-10-13-24-23(15-20)26(18-6-5-7-21(29)14-18)35(3)27(32-30)34(24)2/h5-17,26,36H,30H2,1-4H3/b32-27-. The van der Waals surface area contributed by atoms with Crippen LogP contribution in [0.4, 0.5) is 5.69 Å². The van der Waals surface area contributed by atoms with E-state index in [-0.39, 0.29) is 6.04 Å². The van der Waals surface area contributed by atoms with Crippen LogP contribution in [0.1, 0.15) is 34.0 Å². The van der Waals surface area contributed by atoms with Gasteiger partial charge in [0.1, 0.15) is 5.75 Å². The third-order valence-corrected chi connectivity index (χ3v) is 7.31. The molecule has 0 saturated carbocycles. The van der Waals surface area contributed by atoms with E-state index in [4.69, 9.17) is 22.2 Å². The lowest BCUT2D eigenvalue weighted by Crippen LogP contribution is -2.48. The van der Waals surface area contributed by atoms with Crippen molar-refractivity contribution in [1.82, 2.24) is 14.5 Å². The fraction of sp³-hybridized carbons (Fsp3) is 0.214. The molecule has 2 unspecified atom stereocenters. The van der Waals surface area contributed by atoms with Crippen LogP contribution in [0.3, 0.4) is 0 Å². The number of methoxy groups -OCH3 is 1. The maximum absolute atomic E-state index is 12.5. The fourth-order valence-corrected chi connectivity index (χ4v) is 5.43. The summed E-state index contributed by atoms with van der Waals surface area (Å²) < 4.78 is 7.18. The van der Waals surface area contributed by atoms with Gasteiger partial charge in [0.05, 0.1) is 31.4 Å². The highest BCUT2D eigenvalue weighted by Crippen LogP contribution is 2.44. The Hall–Kier alpha value is -4.01. The van der Waals surface area contributed by atoms with Gasteiger partial charge in [-0.3, -0.25) is 0 Å². The van der Waals surface area contributed by atoms with Gasteiger partial charge in [-0.1, -0.05) is 41.9 Å². The number of nitrogens with zero attached hydrogens (tertiary/aromatic N) is 5. The topological polar surface area (TPSA) is 92.1 Å². The first-order valence-corrected chi connectivity index (χ1v) is 12.2. The second kappa shape index (κ2) is 9.46. The summed E-state index contributed by atoms with van der Waals surface area (Å²) in [5.41, 5.74) is 3.43. The molecule has 1 aliphatic heterocycles. The maximum Gasteiger partial charge on any atom is 0.223 e. The molecule has 2 atom stereocenters. The van der Waals surface area contributed by atoms with Crippen molar-refractivity contribution in [2.24, 2.45) is 18.0 Å². The Kier molecular flexibility index (Phi) is 6.31. The molecule has 0 aliphatic carbocycles. The molecule has 0 spiro atoms. The van der Waals surface area contributed by atoms with E-state index in [0.717, 1.165) is 16.8 Å². The number of anilines is 1. The lowest BCUT2D eigenvalue weighted by molar-refractivity contribution is 0.117. The summed E-state index contributed by atoms with van der Waals surface area (Å²) in [7, 11) is 7.36. The summed E-state index contributed by atoms with van der Waals surface area (Å²) >= 11 is 6.39. The molecule has 9 heteroatoms. The van der Waals surface area contributed by atoms with E-state index in [1.54, 1.807) is 19.6 Å². The SMILES string of the molecule is COc1ccc(C(O)(c2ccc3c(c2)C(c2cccc(Cl)c2)N(C)/C(=N\N)N3C)c2cncn2C)cc1. The van der Waals surface area contributed by atoms with Crippen molar-refractivity contribution >= 4 is 23.2 Å². The second-order valence-electron chi connectivity index (χ2n) is 9.16. The monoisotopic (exact) mass is 516 g/mol. The molecule has 0 amide bonds. The number of aromatic nitrogens is 2. The molecule has 8 nitrogen and oxygen atoms in total. The molecular weight excluding hydrogens is 488 g/mol. The van der Waals surface area contributed by atoms with Gasteiger partial charge in [0.2, 0.25) is 5.96 Å². The van der Waals surface area contributed by atoms with Gasteiger partial charge in [-0.05, 0) is 53.1 Å². The average molecular weight is 517 g/mol. The third kappa shape index (κ3) is 3.98. The summed E-state index contributed by atoms with van der Waals surface area (Å²) in [5.74, 6) is 7.13. The Morgan fingerprint density at radius 3 is 2.38 bits per heavy atom. The Bertz CT molecular complexity index is 1470. The van der Waals surface area contributed by atoms with Crippen LogP contribution in [0, 0.1) is 0 Å². The molecule has 4 aromatic rings. The fourth-order valence-electron chi connectivity index (χ4n) is 5.23. The van der Waals surface area contributed by atoms with Crippen LogP contribution in [-0.4, -0.2) is 46.7 Å². The minimum atomic E-state index is -1.48. The smallest absolute Gasteiger partial charge is 0.223 e. The molecule has 0 saturated heterocycles. The van der Waals surface area contributed by atoms with Crippen LogP contribution in [-0.2, 0) is 12.6 Å². The lowest BCUT2D eigenvalue weighted by Gasteiger charge is -2.43. The van der Waals surface area contributed by atoms with E-state index in [1.807, 2.05) is 102 Å². The van der Waals surface area contributed by atoms with Crippen molar-refractivity contribution < 1.29 is 9.84 Å². The predicted molar refractivity (Wildman–Crippen MR) is 146 cm³/mol. The van der Waals surface area contributed by atoms with E-state index in [2.05, 4.69) is 10.1 Å². The summed E-state index contributed by atoms with van der Waals surface area (Å²) in [6.45, 7) is 0. The number of halogens is 1. The van der Waals surface area contributed by atoms with Crippen molar-refractivity contribution in [2.45, 2.75) is 11.6 Å². The first-order valence-electron chi connectivity index (χ1n) is 11.8. The van der Waals surface area contributed by atoms with Crippen LogP contribution in [0.25, 0.3) is 0 Å². The van der Waals surface area contributed by atoms with Gasteiger partial charge < -0.3 is 30.1 Å². The molecular formula is C28H29ClN6O2. The zero-order valence-corrected chi connectivity index (χ0v) is 21.9. The third-order valence-electron chi connectivity index (χ3n) is 7.08. The highest BCUT2D eigenvalue weighted by molar-refractivity contribution is 6.30. The van der Waals surface area contributed by atoms with Crippen LogP contribution >= 0.6 is 11.6 Å². The van der Waals surface area contributed by atoms with Crippen molar-refractivity contribution in [3.8, 4) is 5.75 Å². The number of imidazole rings is 1. The molecule has 5 rings (SSSR count). The van der Waals surface area contributed by atoms with E-state index in [1.165, 1.54) is 0 Å². The number of guanidine groups is 1. The maximum atomic E-state index is 12.5. The first kappa shape index (κ1) is 24.7. The molecule has 190 valence electrons. The molecule has 0 fully saturated rings. The summed E-state index contributed by atoms with van der Waals surface area (Å²) in [6.07, 6.45) is 3.37. The number of rotatable bonds is 5. The number of benzene rings is 3. The molecule has 3 aromatic carbocycles. The van der Waals surface area contributed by atoms with Crippen molar-refractivity contribution in [3.63, 3.8) is 0 Å². The number of hydrazone groups is 1. The second-order valence-corrected chi connectivity index (χ2v) is 9.60. The average Bonchev–Trinajstić information content (AvgIpc) is 3.34. The van der Waals surface area contributed by atoms with Gasteiger partial charge in [-0.15, -0.1) is 5.10 Å². The number of hydrogen-bond acceptors (Lipinski definition) is 5. The highest BCUT2D eigenvalue weighted by Gasteiger charge is 2.40. The van der Waals surface area contributed by atoms with Crippen LogP contribution < -0.4 is 15.5 Å². The van der Waals surface area contributed by atoms with E-state index in [0.29, 0.717) is 33.6 Å². The largest absolute Gasteiger partial charge is 0.497 e. The summed E-state index contributed by atoms with van der Waals surface area (Å²) in [5, 5.41) is 17.2. The van der Waals surface area contributed by atoms with E-state index >= 15 is 0 Å². The van der Waals surface area contributed by atoms with E-state index < -0.39 is 5.60 Å². The Labute approximate surface area is 221 Å². The Balaban J connectivity index is 1.76. The van der Waals surface area contributed by atoms with Crippen molar-refractivity contribution in [1.29, 1.82) is 0 Å². The predicted octanol–water partition coefficient (Wildman–Crippen LogP) is 4.07. The molecule has 2 heterocycles. The molecule has 0 radical (unpaired) electrons. The highest BCUT2D eigenvalue weighted by atomic mass is 35.5. The molecule has 1 aromatic heterocycles. The normalized spacial score (nSPS) is 18.0. The zero-order valence-electron chi connectivity index (χ0n) is 21.1. The van der Waals surface area contributed by atoms with Crippen molar-refractivity contribution in [2.75, 3.05) is 26.1 Å². The minimum absolute atomic E-state index is 0.237. The zero-order chi connectivity index (χ0) is 26.3. The molecule has 3 N–H and O–H groups in total. The lowest BCUT2D eigenvalue weighted by atomic mass is 9.81. The van der Waals surface area contributed by atoms with Gasteiger partial charge in [0, 0.05) is 37.4 Å².